The van der Waals surface area contributed by atoms with E-state index in [0.717, 1.165) is 25.2 Å². The summed E-state index contributed by atoms with van der Waals surface area (Å²) in [6, 6.07) is 6.06. The number of pyridine rings is 1. The number of nitrogens with two attached hydrogens (primary N) is 1. The Morgan fingerprint density at radius 2 is 1.94 bits per heavy atom. The van der Waals surface area contributed by atoms with E-state index in [1.165, 1.54) is 0 Å². The highest BCUT2D eigenvalue weighted by Crippen LogP contribution is 2.19. The minimum Gasteiger partial charge on any atom is -0.326 e. The van der Waals surface area contributed by atoms with Gasteiger partial charge in [-0.15, -0.1) is 0 Å². The topological polar surface area (TPSA) is 50.9 Å². The molecule has 0 atom stereocenters. The lowest BCUT2D eigenvalue weighted by Gasteiger charge is -2.26. The zero-order chi connectivity index (χ0) is 12.9. The van der Waals surface area contributed by atoms with Crippen molar-refractivity contribution >= 4 is 0 Å². The molecule has 3 heteroatoms. The van der Waals surface area contributed by atoms with Crippen LogP contribution in [0.5, 0.6) is 0 Å². The van der Waals surface area contributed by atoms with Crippen molar-refractivity contribution in [3.8, 4) is 0 Å². The third kappa shape index (κ3) is 5.29. The van der Waals surface area contributed by atoms with Crippen molar-refractivity contribution in [3.63, 3.8) is 0 Å². The summed E-state index contributed by atoms with van der Waals surface area (Å²) in [5, 5.41) is 3.46. The number of nitrogens with zero attached hydrogens (tertiary/aromatic N) is 1. The molecule has 0 saturated carbocycles. The Hall–Kier alpha value is -0.930. The van der Waals surface area contributed by atoms with Crippen molar-refractivity contribution in [2.24, 2.45) is 5.73 Å². The van der Waals surface area contributed by atoms with E-state index in [2.05, 4.69) is 44.1 Å². The van der Waals surface area contributed by atoms with Crippen LogP contribution in [-0.2, 0) is 5.41 Å². The van der Waals surface area contributed by atoms with Crippen molar-refractivity contribution in [1.82, 2.24) is 10.3 Å². The molecule has 0 aliphatic rings. The molecule has 1 heterocycles. The first-order valence-corrected chi connectivity index (χ1v) is 6.22. The predicted molar refractivity (Wildman–Crippen MR) is 73.0 cm³/mol. The van der Waals surface area contributed by atoms with Crippen LogP contribution in [0.3, 0.4) is 0 Å². The Morgan fingerprint density at radius 3 is 2.47 bits per heavy atom. The Balaban J connectivity index is 2.41. The van der Waals surface area contributed by atoms with Gasteiger partial charge in [0.05, 0.1) is 0 Å². The average Bonchev–Trinajstić information content (AvgIpc) is 2.25. The zero-order valence-corrected chi connectivity index (χ0v) is 11.5. The lowest BCUT2D eigenvalue weighted by Crippen LogP contribution is -2.39. The standard InChI is InChI=1S/C14H25N3/c1-13(2,12-7-5-6-9-17-12)11-16-10-8-14(3,4)15/h5-7,9,16H,8,10-11,15H2,1-4H3. The van der Waals surface area contributed by atoms with Crippen LogP contribution in [0, 0.1) is 0 Å². The Kier molecular flexibility index (Phi) is 4.66. The van der Waals surface area contributed by atoms with Crippen LogP contribution in [0.15, 0.2) is 24.4 Å². The minimum absolute atomic E-state index is 0.0556. The predicted octanol–water partition coefficient (Wildman–Crippen LogP) is 2.08. The van der Waals surface area contributed by atoms with Gasteiger partial charge in [-0.05, 0) is 38.9 Å². The number of hydrogen-bond acceptors (Lipinski definition) is 3. The van der Waals surface area contributed by atoms with Crippen LogP contribution >= 0.6 is 0 Å². The highest BCUT2D eigenvalue weighted by atomic mass is 14.9. The van der Waals surface area contributed by atoms with E-state index in [-0.39, 0.29) is 11.0 Å². The molecule has 1 rings (SSSR count). The van der Waals surface area contributed by atoms with E-state index in [0.29, 0.717) is 0 Å². The molecule has 17 heavy (non-hydrogen) atoms. The van der Waals surface area contributed by atoms with E-state index in [1.54, 1.807) is 0 Å². The van der Waals surface area contributed by atoms with Crippen LogP contribution in [-0.4, -0.2) is 23.6 Å². The summed E-state index contributed by atoms with van der Waals surface area (Å²) in [5.41, 5.74) is 7.03. The van der Waals surface area contributed by atoms with E-state index in [1.807, 2.05) is 18.3 Å². The number of aromatic nitrogens is 1. The Labute approximate surface area is 105 Å². The van der Waals surface area contributed by atoms with Crippen molar-refractivity contribution in [3.05, 3.63) is 30.1 Å². The Morgan fingerprint density at radius 1 is 1.24 bits per heavy atom. The summed E-state index contributed by atoms with van der Waals surface area (Å²) in [7, 11) is 0. The van der Waals surface area contributed by atoms with Gasteiger partial charge in [-0.3, -0.25) is 4.98 Å². The zero-order valence-electron chi connectivity index (χ0n) is 11.5. The molecule has 0 spiro atoms. The molecule has 0 amide bonds. The summed E-state index contributed by atoms with van der Waals surface area (Å²) in [6.07, 6.45) is 2.82. The fourth-order valence-electron chi connectivity index (χ4n) is 1.67. The monoisotopic (exact) mass is 235 g/mol. The highest BCUT2D eigenvalue weighted by Gasteiger charge is 2.21. The molecule has 0 bridgehead atoms. The van der Waals surface area contributed by atoms with Crippen LogP contribution in [0.25, 0.3) is 0 Å². The molecule has 0 aromatic carbocycles. The number of nitrogens with one attached hydrogen (secondary N) is 1. The normalized spacial score (nSPS) is 12.8. The maximum absolute atomic E-state index is 5.94. The van der Waals surface area contributed by atoms with Crippen molar-refractivity contribution in [1.29, 1.82) is 0 Å². The fourth-order valence-corrected chi connectivity index (χ4v) is 1.67. The van der Waals surface area contributed by atoms with E-state index in [4.69, 9.17) is 5.73 Å². The van der Waals surface area contributed by atoms with Gasteiger partial charge < -0.3 is 11.1 Å². The molecule has 0 aliphatic heterocycles. The first-order chi connectivity index (χ1) is 7.81. The van der Waals surface area contributed by atoms with Gasteiger partial charge in [0, 0.05) is 29.4 Å². The van der Waals surface area contributed by atoms with Gasteiger partial charge in [-0.2, -0.15) is 0 Å². The SMILES string of the molecule is CC(C)(N)CCNCC(C)(C)c1ccccn1. The maximum atomic E-state index is 5.94. The second-order valence-electron chi connectivity index (χ2n) is 6.01. The third-order valence-corrected chi connectivity index (χ3v) is 2.87. The summed E-state index contributed by atoms with van der Waals surface area (Å²) in [4.78, 5) is 4.41. The maximum Gasteiger partial charge on any atom is 0.0472 e. The second kappa shape index (κ2) is 5.61. The molecule has 0 saturated heterocycles. The highest BCUT2D eigenvalue weighted by molar-refractivity contribution is 5.14. The molecule has 0 unspecified atom stereocenters. The van der Waals surface area contributed by atoms with Crippen LogP contribution in [0.2, 0.25) is 0 Å². The van der Waals surface area contributed by atoms with Crippen molar-refractivity contribution < 1.29 is 0 Å². The van der Waals surface area contributed by atoms with Gasteiger partial charge in [0.15, 0.2) is 0 Å². The number of rotatable bonds is 6. The molecule has 0 radical (unpaired) electrons. The molecule has 3 N–H and O–H groups in total. The molecule has 1 aromatic heterocycles. The van der Waals surface area contributed by atoms with Gasteiger partial charge in [0.25, 0.3) is 0 Å². The molecule has 0 fully saturated rings. The minimum atomic E-state index is -0.0951. The summed E-state index contributed by atoms with van der Waals surface area (Å²) >= 11 is 0. The van der Waals surface area contributed by atoms with E-state index in [9.17, 15) is 0 Å². The molecule has 1 aromatic rings. The van der Waals surface area contributed by atoms with Gasteiger partial charge in [0.1, 0.15) is 0 Å². The lowest BCUT2D eigenvalue weighted by molar-refractivity contribution is 0.413. The summed E-state index contributed by atoms with van der Waals surface area (Å²) in [5.74, 6) is 0. The van der Waals surface area contributed by atoms with E-state index >= 15 is 0 Å². The van der Waals surface area contributed by atoms with Crippen LogP contribution in [0.1, 0.15) is 39.8 Å². The largest absolute Gasteiger partial charge is 0.326 e. The average molecular weight is 235 g/mol. The first-order valence-electron chi connectivity index (χ1n) is 6.22. The van der Waals surface area contributed by atoms with Gasteiger partial charge in [-0.25, -0.2) is 0 Å². The summed E-state index contributed by atoms with van der Waals surface area (Å²) < 4.78 is 0. The molecule has 96 valence electrons. The van der Waals surface area contributed by atoms with E-state index < -0.39 is 0 Å². The number of hydrogen-bond donors (Lipinski definition) is 2. The lowest BCUT2D eigenvalue weighted by atomic mass is 9.88. The third-order valence-electron chi connectivity index (χ3n) is 2.87. The molecule has 3 nitrogen and oxygen atoms in total. The van der Waals surface area contributed by atoms with Gasteiger partial charge >= 0.3 is 0 Å². The fraction of sp³-hybridized carbons (Fsp3) is 0.643. The van der Waals surface area contributed by atoms with Crippen LogP contribution < -0.4 is 11.1 Å². The second-order valence-corrected chi connectivity index (χ2v) is 6.01. The van der Waals surface area contributed by atoms with Gasteiger partial charge in [0.2, 0.25) is 0 Å². The first kappa shape index (κ1) is 14.1. The quantitative estimate of drug-likeness (QED) is 0.742. The van der Waals surface area contributed by atoms with Crippen molar-refractivity contribution in [2.45, 2.75) is 45.1 Å². The molecule has 0 aliphatic carbocycles. The smallest absolute Gasteiger partial charge is 0.0472 e. The Bertz CT molecular complexity index is 325. The molecular weight excluding hydrogens is 210 g/mol. The van der Waals surface area contributed by atoms with Crippen molar-refractivity contribution in [2.75, 3.05) is 13.1 Å². The molecular formula is C14H25N3. The van der Waals surface area contributed by atoms with Gasteiger partial charge in [-0.1, -0.05) is 19.9 Å². The summed E-state index contributed by atoms with van der Waals surface area (Å²) in [6.45, 7) is 10.4. The van der Waals surface area contributed by atoms with Crippen LogP contribution in [0.4, 0.5) is 0 Å².